The summed E-state index contributed by atoms with van der Waals surface area (Å²) in [5, 5.41) is 0. The highest BCUT2D eigenvalue weighted by molar-refractivity contribution is 7.45. The van der Waals surface area contributed by atoms with E-state index in [0.29, 0.717) is 17.4 Å². The van der Waals surface area contributed by atoms with Crippen LogP contribution in [0.15, 0.2) is 122 Å². The molecule has 0 radical (unpaired) electrons. The highest BCUT2D eigenvalue weighted by atomic mass is 31.2. The molecule has 0 saturated carbocycles. The number of ether oxygens (including phenoxy) is 2. The van der Waals surface area contributed by atoms with Gasteiger partial charge < -0.3 is 27.9 Å². The number of hydrogen-bond acceptors (Lipinski definition) is 8. The second-order valence-corrected chi connectivity index (χ2v) is 31.6. The van der Waals surface area contributed by atoms with Crippen LogP contribution in [0.25, 0.3) is 0 Å². The number of carbonyl (C=O) groups is 2. The Bertz CT molecular complexity index is 2140. The van der Waals surface area contributed by atoms with E-state index in [9.17, 15) is 19.0 Å². The van der Waals surface area contributed by atoms with Crippen LogP contribution in [0, 0.1) is 0 Å². The average molecular weight is 1440 g/mol. The van der Waals surface area contributed by atoms with Crippen molar-refractivity contribution in [2.45, 2.75) is 405 Å². The smallest absolute Gasteiger partial charge is 0.306 e. The van der Waals surface area contributed by atoms with Crippen molar-refractivity contribution in [2.75, 3.05) is 47.5 Å². The number of rotatable bonds is 80. The Kier molecular flexibility index (Phi) is 78.6. The summed E-state index contributed by atoms with van der Waals surface area (Å²) in [5.74, 6) is -0.827. The van der Waals surface area contributed by atoms with E-state index < -0.39 is 26.5 Å². The molecule has 0 aromatic heterocycles. The Morgan fingerprint density at radius 1 is 0.314 bits per heavy atom. The lowest BCUT2D eigenvalue weighted by Gasteiger charge is -2.28. The van der Waals surface area contributed by atoms with E-state index in [1.54, 1.807) is 0 Å². The third-order valence-electron chi connectivity index (χ3n) is 19.0. The Labute approximate surface area is 632 Å². The SMILES string of the molecule is CC/C=C\C/C=C\C/C=C\C/C=C\C/C=C\C/C=C\C/C=C\C/C=C\C/C=C\C/C=C\CCCCCCCCCCCCC(=O)OC(COC(=O)CCCCCCCCCCCCCCCCCCCCCCCCCCCCCCCCCCCCCCC)COP(=O)([O-])OCC[N+](C)(C)C. The molecule has 0 aliphatic carbocycles. The normalized spacial score (nSPS) is 13.6. The zero-order chi connectivity index (χ0) is 74.0. The molecule has 0 spiro atoms. The topological polar surface area (TPSA) is 111 Å². The number of nitrogens with zero attached hydrogens (tertiary/aromatic N) is 1. The van der Waals surface area contributed by atoms with Crippen molar-refractivity contribution in [1.29, 1.82) is 0 Å². The van der Waals surface area contributed by atoms with Gasteiger partial charge in [-0.2, -0.15) is 0 Å². The molecule has 0 N–H and O–H groups in total. The van der Waals surface area contributed by atoms with Gasteiger partial charge in [-0.05, 0) is 89.9 Å². The second kappa shape index (κ2) is 81.5. The van der Waals surface area contributed by atoms with Gasteiger partial charge in [-0.3, -0.25) is 14.2 Å². The van der Waals surface area contributed by atoms with Crippen LogP contribution in [0.1, 0.15) is 399 Å². The van der Waals surface area contributed by atoms with Gasteiger partial charge in [0, 0.05) is 12.8 Å². The van der Waals surface area contributed by atoms with E-state index in [0.717, 1.165) is 109 Å². The zero-order valence-corrected chi connectivity index (χ0v) is 68.4. The summed E-state index contributed by atoms with van der Waals surface area (Å²) in [5.41, 5.74) is 0. The van der Waals surface area contributed by atoms with E-state index in [4.69, 9.17) is 18.5 Å². The van der Waals surface area contributed by atoms with Crippen molar-refractivity contribution in [3.63, 3.8) is 0 Å². The van der Waals surface area contributed by atoms with Crippen LogP contribution in [0.4, 0.5) is 0 Å². The molecule has 0 aromatic rings. The average Bonchev–Trinajstić information content (AvgIpc) is 0.916. The van der Waals surface area contributed by atoms with Gasteiger partial charge in [-0.1, -0.05) is 418 Å². The molecule has 0 bridgehead atoms. The minimum Gasteiger partial charge on any atom is -0.756 e. The maximum atomic E-state index is 12.9. The number of allylic oxidation sites excluding steroid dienone is 20. The van der Waals surface area contributed by atoms with E-state index >= 15 is 0 Å². The second-order valence-electron chi connectivity index (χ2n) is 30.2. The lowest BCUT2D eigenvalue weighted by atomic mass is 10.0. The Morgan fingerprint density at radius 3 is 0.833 bits per heavy atom. The first-order valence-electron chi connectivity index (χ1n) is 43.2. The number of carbonyl (C=O) groups excluding carboxylic acids is 2. The molecule has 0 fully saturated rings. The van der Waals surface area contributed by atoms with Gasteiger partial charge in [0.25, 0.3) is 7.82 Å². The molecule has 0 amide bonds. The van der Waals surface area contributed by atoms with Crippen LogP contribution in [0.2, 0.25) is 0 Å². The minimum absolute atomic E-state index is 0.0345. The van der Waals surface area contributed by atoms with E-state index in [2.05, 4.69) is 135 Å². The number of phosphoric ester groups is 1. The maximum absolute atomic E-state index is 12.9. The molecule has 2 atom stereocenters. The van der Waals surface area contributed by atoms with Crippen LogP contribution < -0.4 is 4.89 Å². The van der Waals surface area contributed by atoms with Crippen LogP contribution in [0.5, 0.6) is 0 Å². The molecule has 10 heteroatoms. The predicted octanol–water partition coefficient (Wildman–Crippen LogP) is 28.7. The lowest BCUT2D eigenvalue weighted by Crippen LogP contribution is -2.37. The highest BCUT2D eigenvalue weighted by Crippen LogP contribution is 2.38. The molecule has 2 unspecified atom stereocenters. The number of likely N-dealkylation sites (N-methyl/N-ethyl adjacent to an activating group) is 1. The van der Waals surface area contributed by atoms with Crippen molar-refractivity contribution >= 4 is 19.8 Å². The van der Waals surface area contributed by atoms with Crippen LogP contribution in [-0.2, 0) is 32.7 Å². The summed E-state index contributed by atoms with van der Waals surface area (Å²) in [7, 11) is 1.17. The van der Waals surface area contributed by atoms with Crippen molar-refractivity contribution in [1.82, 2.24) is 0 Å². The van der Waals surface area contributed by atoms with Crippen molar-refractivity contribution in [3.8, 4) is 0 Å². The molecule has 0 aliphatic rings. The number of esters is 2. The molecule has 9 nitrogen and oxygen atoms in total. The zero-order valence-electron chi connectivity index (χ0n) is 67.5. The van der Waals surface area contributed by atoms with Crippen LogP contribution >= 0.6 is 7.82 Å². The predicted molar refractivity (Wildman–Crippen MR) is 443 cm³/mol. The number of phosphoric acid groups is 1. The summed E-state index contributed by atoms with van der Waals surface area (Å²) in [4.78, 5) is 38.2. The van der Waals surface area contributed by atoms with E-state index in [-0.39, 0.29) is 32.0 Å². The van der Waals surface area contributed by atoms with Crippen molar-refractivity contribution in [3.05, 3.63) is 122 Å². The van der Waals surface area contributed by atoms with Gasteiger partial charge in [-0.25, -0.2) is 0 Å². The quantitative estimate of drug-likeness (QED) is 0.0195. The first kappa shape index (κ1) is 98.4. The summed E-state index contributed by atoms with van der Waals surface area (Å²) in [6.07, 6.45) is 118. The Hall–Kier alpha value is -3.59. The number of unbranched alkanes of at least 4 members (excludes halogenated alkanes) is 46. The Balaban J connectivity index is 3.96. The molecule has 0 aromatic carbocycles. The van der Waals surface area contributed by atoms with Crippen molar-refractivity contribution in [2.24, 2.45) is 0 Å². The molecule has 0 aliphatic heterocycles. The van der Waals surface area contributed by atoms with Crippen molar-refractivity contribution < 1.29 is 42.1 Å². The maximum Gasteiger partial charge on any atom is 0.306 e. The molecule has 590 valence electrons. The fourth-order valence-electron chi connectivity index (χ4n) is 12.5. The molecular formula is C92H164NO8P. The van der Waals surface area contributed by atoms with Gasteiger partial charge in [-0.15, -0.1) is 0 Å². The monoisotopic (exact) mass is 1440 g/mol. The summed E-state index contributed by atoms with van der Waals surface area (Å²) in [6, 6.07) is 0. The standard InChI is InChI=1S/C92H164NO8P/c1-6-8-10-12-14-16-18-20-22-24-26-28-30-32-34-36-38-40-42-44-45-46-47-49-51-53-55-57-59-61-63-65-67-69-71-73-75-77-79-81-83-85-92(95)101-90(89-100-102(96,97)99-87-86-93(3,4)5)88-98-91(94)84-82-80-78-76-74-72-70-68-66-64-62-60-58-56-54-52-50-48-43-41-39-37-35-33-31-29-27-25-23-21-19-17-15-13-11-9-7-2/h8,10,14,16,20,22,26,28,32,34,38,40,44-45,47,49,53,55,59,61,90H,6-7,9,11-13,15,17-19,21,23-25,27,29-31,33,35-37,39,41-43,46,48,50-52,54,56-58,60,62-89H2,1-5H3/b10-8-,16-14-,22-20-,28-26-,34-32-,40-38-,45-44-,49-47-,55-53-,61-59-. The summed E-state index contributed by atoms with van der Waals surface area (Å²) < 4.78 is 34.5. The van der Waals surface area contributed by atoms with Crippen LogP contribution in [-0.4, -0.2) is 70.0 Å². The minimum atomic E-state index is -4.65. The first-order valence-corrected chi connectivity index (χ1v) is 44.7. The molecular weight excluding hydrogens is 1280 g/mol. The summed E-state index contributed by atoms with van der Waals surface area (Å²) in [6.45, 7) is 4.17. The highest BCUT2D eigenvalue weighted by Gasteiger charge is 2.22. The van der Waals surface area contributed by atoms with Gasteiger partial charge >= 0.3 is 11.9 Å². The molecule has 0 rings (SSSR count). The fraction of sp³-hybridized carbons (Fsp3) is 0.761. The van der Waals surface area contributed by atoms with E-state index in [1.807, 2.05) is 21.1 Å². The number of quaternary nitrogens is 1. The lowest BCUT2D eigenvalue weighted by molar-refractivity contribution is -0.870. The summed E-state index contributed by atoms with van der Waals surface area (Å²) >= 11 is 0. The fourth-order valence-corrected chi connectivity index (χ4v) is 13.2. The molecule has 0 saturated heterocycles. The molecule has 0 heterocycles. The van der Waals surface area contributed by atoms with Gasteiger partial charge in [0.15, 0.2) is 6.10 Å². The van der Waals surface area contributed by atoms with Gasteiger partial charge in [0.1, 0.15) is 19.8 Å². The third kappa shape index (κ3) is 85.3. The van der Waals surface area contributed by atoms with Gasteiger partial charge in [0.2, 0.25) is 0 Å². The first-order chi connectivity index (χ1) is 50.0. The molecule has 102 heavy (non-hydrogen) atoms. The number of hydrogen-bond donors (Lipinski definition) is 0. The van der Waals surface area contributed by atoms with E-state index in [1.165, 1.54) is 257 Å². The van der Waals surface area contributed by atoms with Crippen LogP contribution in [0.3, 0.4) is 0 Å². The Morgan fingerprint density at radius 2 is 0.559 bits per heavy atom. The van der Waals surface area contributed by atoms with Gasteiger partial charge in [0.05, 0.1) is 27.7 Å². The largest absolute Gasteiger partial charge is 0.756 e. The third-order valence-corrected chi connectivity index (χ3v) is 20.0.